The van der Waals surface area contributed by atoms with Crippen LogP contribution in [0.25, 0.3) is 0 Å². The second-order valence-electron chi connectivity index (χ2n) is 8.30. The summed E-state index contributed by atoms with van der Waals surface area (Å²) < 4.78 is 31.8. The maximum Gasteiger partial charge on any atom is 0.351 e. The molecule has 0 spiro atoms. The summed E-state index contributed by atoms with van der Waals surface area (Å²) in [6.45, 7) is 3.53. The van der Waals surface area contributed by atoms with E-state index >= 15 is 0 Å². The minimum absolute atomic E-state index is 0.00922. The summed E-state index contributed by atoms with van der Waals surface area (Å²) in [5, 5.41) is 0. The van der Waals surface area contributed by atoms with Crippen LogP contribution in [0.15, 0.2) is 59.5 Å². The first-order valence-electron chi connectivity index (χ1n) is 10.9. The molecule has 10 heteroatoms. The van der Waals surface area contributed by atoms with Crippen molar-refractivity contribution in [3.05, 3.63) is 93.3 Å². The molecule has 182 valence electrons. The molecular weight excluding hydrogens is 457 g/mol. The highest BCUT2D eigenvalue weighted by Crippen LogP contribution is 2.31. The zero-order chi connectivity index (χ0) is 25.1. The van der Waals surface area contributed by atoms with Crippen molar-refractivity contribution in [2.45, 2.75) is 38.7 Å². The van der Waals surface area contributed by atoms with Gasteiger partial charge in [-0.15, -0.1) is 0 Å². The molecule has 3 atom stereocenters. The number of benzene rings is 2. The maximum atomic E-state index is 14.0. The number of nitrogens with zero attached hydrogens (tertiary/aromatic N) is 2. The van der Waals surface area contributed by atoms with E-state index in [0.29, 0.717) is 11.1 Å². The predicted molar refractivity (Wildman–Crippen MR) is 123 cm³/mol. The molecule has 0 bridgehead atoms. The molecule has 3 unspecified atom stereocenters. The zero-order valence-electron chi connectivity index (χ0n) is 19.1. The molecule has 2 N–H and O–H groups in total. The van der Waals surface area contributed by atoms with E-state index in [1.165, 1.54) is 0 Å². The Morgan fingerprint density at radius 3 is 2.23 bits per heavy atom. The van der Waals surface area contributed by atoms with Gasteiger partial charge in [-0.2, -0.15) is 4.98 Å². The molecule has 9 nitrogen and oxygen atoms in total. The summed E-state index contributed by atoms with van der Waals surface area (Å²) in [6.07, 6.45) is -1.91. The Kier molecular flexibility index (Phi) is 6.92. The number of hydrogen-bond acceptors (Lipinski definition) is 8. The highest BCUT2D eigenvalue weighted by atomic mass is 19.1. The fourth-order valence-electron chi connectivity index (χ4n) is 3.64. The molecule has 3 aromatic rings. The number of carbonyl (C=O) groups is 2. The molecule has 0 amide bonds. The number of esters is 2. The Hall–Kier alpha value is -4.05. The van der Waals surface area contributed by atoms with Crippen molar-refractivity contribution in [2.75, 3.05) is 12.3 Å². The molecule has 0 saturated carbocycles. The number of nitrogens with two attached hydrogens (primary N) is 1. The van der Waals surface area contributed by atoms with E-state index in [9.17, 15) is 18.8 Å². The lowest BCUT2D eigenvalue weighted by Crippen LogP contribution is -2.32. The molecule has 1 aliphatic rings. The molecule has 1 aromatic heterocycles. The first-order chi connectivity index (χ1) is 16.7. The van der Waals surface area contributed by atoms with Gasteiger partial charge >= 0.3 is 17.6 Å². The van der Waals surface area contributed by atoms with Crippen LogP contribution in [0.1, 0.15) is 44.5 Å². The second kappa shape index (κ2) is 10.1. The number of halogens is 1. The van der Waals surface area contributed by atoms with Gasteiger partial charge in [-0.25, -0.2) is 18.8 Å². The van der Waals surface area contributed by atoms with E-state index in [1.807, 2.05) is 13.8 Å². The van der Waals surface area contributed by atoms with E-state index in [-0.39, 0.29) is 13.0 Å². The standard InChI is InChI=1S/C25H24FN3O6/c1-14-3-7-16(8-4-14)23(30)33-13-20-19(35-24(31)17-9-5-15(2)6-10-17)11-21(34-20)29-12-18(26)22(27)28-25(29)32/h3-10,12,19-21H,11,13H2,1-2H3,(H2,27,28,32). The monoisotopic (exact) mass is 481 g/mol. The summed E-state index contributed by atoms with van der Waals surface area (Å²) >= 11 is 0. The van der Waals surface area contributed by atoms with Gasteiger partial charge in [0.1, 0.15) is 25.0 Å². The third-order valence-corrected chi connectivity index (χ3v) is 5.64. The second-order valence-corrected chi connectivity index (χ2v) is 8.30. The fourth-order valence-corrected chi connectivity index (χ4v) is 3.64. The summed E-state index contributed by atoms with van der Waals surface area (Å²) in [5.41, 5.74) is 7.17. The number of carbonyl (C=O) groups excluding carboxylic acids is 2. The van der Waals surface area contributed by atoms with Crippen LogP contribution < -0.4 is 11.4 Å². The molecule has 2 aromatic carbocycles. The Labute approximate surface area is 200 Å². The van der Waals surface area contributed by atoms with Gasteiger partial charge in [0.05, 0.1) is 17.3 Å². The quantitative estimate of drug-likeness (QED) is 0.533. The van der Waals surface area contributed by atoms with Crippen LogP contribution in [-0.2, 0) is 14.2 Å². The lowest BCUT2D eigenvalue weighted by atomic mass is 10.1. The summed E-state index contributed by atoms with van der Waals surface area (Å²) in [7, 11) is 0. The van der Waals surface area contributed by atoms with Crippen LogP contribution in [0.4, 0.5) is 10.2 Å². The van der Waals surface area contributed by atoms with Crippen LogP contribution in [0.3, 0.4) is 0 Å². The van der Waals surface area contributed by atoms with Crippen molar-refractivity contribution < 1.29 is 28.2 Å². The SMILES string of the molecule is Cc1ccc(C(=O)OCC2OC(n3cc(F)c(N)nc3=O)CC2OC(=O)c2ccc(C)cc2)cc1. The highest BCUT2D eigenvalue weighted by Gasteiger charge is 2.40. The minimum Gasteiger partial charge on any atom is -0.459 e. The zero-order valence-corrected chi connectivity index (χ0v) is 19.1. The number of rotatable bonds is 6. The summed E-state index contributed by atoms with van der Waals surface area (Å²) in [4.78, 5) is 40.9. The van der Waals surface area contributed by atoms with Gasteiger partial charge in [-0.05, 0) is 38.1 Å². The van der Waals surface area contributed by atoms with Crippen molar-refractivity contribution in [2.24, 2.45) is 0 Å². The number of anilines is 1. The average Bonchev–Trinajstić information content (AvgIpc) is 3.22. The molecule has 2 heterocycles. The average molecular weight is 481 g/mol. The van der Waals surface area contributed by atoms with Crippen LogP contribution in [0.5, 0.6) is 0 Å². The first-order valence-corrected chi connectivity index (χ1v) is 10.9. The smallest absolute Gasteiger partial charge is 0.351 e. The molecule has 1 aliphatic heterocycles. The lowest BCUT2D eigenvalue weighted by Gasteiger charge is -2.19. The third kappa shape index (κ3) is 5.55. The van der Waals surface area contributed by atoms with E-state index < -0.39 is 47.7 Å². The lowest BCUT2D eigenvalue weighted by molar-refractivity contribution is -0.0583. The Morgan fingerprint density at radius 1 is 1.06 bits per heavy atom. The van der Waals surface area contributed by atoms with E-state index in [4.69, 9.17) is 19.9 Å². The molecule has 0 aliphatic carbocycles. The summed E-state index contributed by atoms with van der Waals surface area (Å²) in [5.74, 6) is -2.62. The summed E-state index contributed by atoms with van der Waals surface area (Å²) in [6, 6.07) is 13.6. The number of ether oxygens (including phenoxy) is 3. The van der Waals surface area contributed by atoms with Gasteiger partial charge in [-0.1, -0.05) is 35.4 Å². The number of hydrogen-bond donors (Lipinski definition) is 1. The van der Waals surface area contributed by atoms with Crippen molar-refractivity contribution in [3.8, 4) is 0 Å². The van der Waals surface area contributed by atoms with Crippen molar-refractivity contribution in [3.63, 3.8) is 0 Å². The van der Waals surface area contributed by atoms with Crippen LogP contribution >= 0.6 is 0 Å². The van der Waals surface area contributed by atoms with E-state index in [2.05, 4.69) is 4.98 Å². The van der Waals surface area contributed by atoms with Crippen molar-refractivity contribution >= 4 is 17.8 Å². The van der Waals surface area contributed by atoms with Gasteiger partial charge in [0, 0.05) is 6.42 Å². The maximum absolute atomic E-state index is 14.0. The molecular formula is C25H24FN3O6. The highest BCUT2D eigenvalue weighted by molar-refractivity contribution is 5.90. The fraction of sp³-hybridized carbons (Fsp3) is 0.280. The van der Waals surface area contributed by atoms with Crippen LogP contribution in [0, 0.1) is 19.7 Å². The Bertz CT molecular complexity index is 1290. The van der Waals surface area contributed by atoms with E-state index in [1.54, 1.807) is 48.5 Å². The third-order valence-electron chi connectivity index (χ3n) is 5.64. The predicted octanol–water partition coefficient (Wildman–Crippen LogP) is 2.95. The normalized spacial score (nSPS) is 19.3. The Morgan fingerprint density at radius 2 is 1.63 bits per heavy atom. The van der Waals surface area contributed by atoms with Gasteiger partial charge in [-0.3, -0.25) is 4.57 Å². The van der Waals surface area contributed by atoms with Crippen molar-refractivity contribution in [1.82, 2.24) is 9.55 Å². The number of nitrogen functional groups attached to an aromatic ring is 1. The number of aryl methyl sites for hydroxylation is 2. The van der Waals surface area contributed by atoms with Crippen molar-refractivity contribution in [1.29, 1.82) is 0 Å². The Balaban J connectivity index is 1.53. The largest absolute Gasteiger partial charge is 0.459 e. The number of aromatic nitrogens is 2. The van der Waals surface area contributed by atoms with Gasteiger partial charge < -0.3 is 19.9 Å². The molecule has 1 fully saturated rings. The van der Waals surface area contributed by atoms with Gasteiger partial charge in [0.2, 0.25) is 0 Å². The topological polar surface area (TPSA) is 123 Å². The van der Waals surface area contributed by atoms with Gasteiger partial charge in [0.15, 0.2) is 11.6 Å². The van der Waals surface area contributed by atoms with Gasteiger partial charge in [0.25, 0.3) is 0 Å². The first kappa shape index (κ1) is 24.1. The molecule has 0 radical (unpaired) electrons. The van der Waals surface area contributed by atoms with E-state index in [0.717, 1.165) is 21.9 Å². The minimum atomic E-state index is -1.01. The molecule has 35 heavy (non-hydrogen) atoms. The van der Waals surface area contributed by atoms with Crippen LogP contribution in [0.2, 0.25) is 0 Å². The molecule has 1 saturated heterocycles. The van der Waals surface area contributed by atoms with Crippen LogP contribution in [-0.4, -0.2) is 40.3 Å². The molecule has 4 rings (SSSR count).